The fourth-order valence-corrected chi connectivity index (χ4v) is 2.93. The van der Waals surface area contributed by atoms with Gasteiger partial charge in [0.25, 0.3) is 0 Å². The number of alkyl halides is 3. The second-order valence-corrected chi connectivity index (χ2v) is 8.04. The van der Waals surface area contributed by atoms with Crippen LogP contribution in [0.4, 0.5) is 13.2 Å². The summed E-state index contributed by atoms with van der Waals surface area (Å²) in [5.74, 6) is -0.422. The fraction of sp³-hybridized carbons (Fsp3) is 0.211. The molecule has 0 saturated heterocycles. The highest BCUT2D eigenvalue weighted by molar-refractivity contribution is 7.90. The highest BCUT2D eigenvalue weighted by Crippen LogP contribution is 2.29. The lowest BCUT2D eigenvalue weighted by molar-refractivity contribution is -0.137. The van der Waals surface area contributed by atoms with Crippen LogP contribution in [0, 0.1) is 0 Å². The molecule has 1 atom stereocenters. The third-order valence-corrected chi connectivity index (χ3v) is 4.96. The fourth-order valence-electron chi connectivity index (χ4n) is 2.30. The quantitative estimate of drug-likeness (QED) is 0.776. The molecule has 0 spiro atoms. The van der Waals surface area contributed by atoms with Gasteiger partial charge in [0.15, 0.2) is 9.84 Å². The number of sulfone groups is 1. The maximum absolute atomic E-state index is 12.5. The minimum atomic E-state index is -4.40. The number of benzene rings is 2. The van der Waals surface area contributed by atoms with Gasteiger partial charge in [-0.2, -0.15) is 13.2 Å². The molecule has 1 unspecified atom stereocenters. The maximum Gasteiger partial charge on any atom is 0.416 e. The number of hydrogen-bond acceptors (Lipinski definition) is 3. The lowest BCUT2D eigenvalue weighted by Crippen LogP contribution is -2.24. The summed E-state index contributed by atoms with van der Waals surface area (Å²) in [6.07, 6.45) is -0.653. The predicted octanol–water partition coefficient (Wildman–Crippen LogP) is 4.00. The number of halogens is 3. The van der Waals surface area contributed by atoms with E-state index < -0.39 is 27.5 Å². The van der Waals surface area contributed by atoms with Gasteiger partial charge in [-0.25, -0.2) is 8.42 Å². The summed E-state index contributed by atoms with van der Waals surface area (Å²) < 4.78 is 60.4. The molecule has 8 heteroatoms. The van der Waals surface area contributed by atoms with Crippen LogP contribution in [-0.4, -0.2) is 20.6 Å². The van der Waals surface area contributed by atoms with Gasteiger partial charge in [-0.1, -0.05) is 24.3 Å². The molecule has 2 aromatic rings. The number of rotatable bonds is 5. The zero-order chi connectivity index (χ0) is 20.2. The van der Waals surface area contributed by atoms with Crippen molar-refractivity contribution in [3.05, 3.63) is 71.3 Å². The predicted molar refractivity (Wildman–Crippen MR) is 96.6 cm³/mol. The Labute approximate surface area is 155 Å². The van der Waals surface area contributed by atoms with E-state index in [1.807, 2.05) is 0 Å². The zero-order valence-electron chi connectivity index (χ0n) is 14.6. The third kappa shape index (κ3) is 5.96. The van der Waals surface area contributed by atoms with Crippen molar-refractivity contribution in [2.75, 3.05) is 6.26 Å². The molecule has 0 aliphatic heterocycles. The molecule has 0 aliphatic carbocycles. The first-order valence-electron chi connectivity index (χ1n) is 7.92. The third-order valence-electron chi connectivity index (χ3n) is 3.83. The summed E-state index contributed by atoms with van der Waals surface area (Å²) in [6.45, 7) is 1.74. The van der Waals surface area contributed by atoms with Crippen molar-refractivity contribution in [1.29, 1.82) is 0 Å². The topological polar surface area (TPSA) is 63.2 Å². The van der Waals surface area contributed by atoms with Gasteiger partial charge in [-0.05, 0) is 48.4 Å². The normalized spacial score (nSPS) is 13.5. The van der Waals surface area contributed by atoms with Crippen LogP contribution >= 0.6 is 0 Å². The second-order valence-electron chi connectivity index (χ2n) is 6.02. The average Bonchev–Trinajstić information content (AvgIpc) is 2.59. The van der Waals surface area contributed by atoms with Gasteiger partial charge in [-0.15, -0.1) is 0 Å². The summed E-state index contributed by atoms with van der Waals surface area (Å²) in [5.41, 5.74) is 0.428. The van der Waals surface area contributed by atoms with Crippen molar-refractivity contribution < 1.29 is 26.4 Å². The molecule has 2 rings (SSSR count). The van der Waals surface area contributed by atoms with E-state index in [-0.39, 0.29) is 10.9 Å². The molecule has 1 N–H and O–H groups in total. The Bertz CT molecular complexity index is 932. The van der Waals surface area contributed by atoms with Crippen LogP contribution in [0.5, 0.6) is 0 Å². The van der Waals surface area contributed by atoms with Gasteiger partial charge >= 0.3 is 6.18 Å². The number of amides is 1. The van der Waals surface area contributed by atoms with Crippen molar-refractivity contribution >= 4 is 21.8 Å². The van der Waals surface area contributed by atoms with E-state index in [4.69, 9.17) is 0 Å². The van der Waals surface area contributed by atoms with Gasteiger partial charge in [-0.3, -0.25) is 4.79 Å². The molecular weight excluding hydrogens is 379 g/mol. The maximum atomic E-state index is 12.5. The van der Waals surface area contributed by atoms with E-state index in [1.165, 1.54) is 36.4 Å². The van der Waals surface area contributed by atoms with Crippen LogP contribution in [0.3, 0.4) is 0 Å². The van der Waals surface area contributed by atoms with Gasteiger partial charge in [0, 0.05) is 12.3 Å². The lowest BCUT2D eigenvalue weighted by atomic mass is 10.1. The Morgan fingerprint density at radius 1 is 1.04 bits per heavy atom. The highest BCUT2D eigenvalue weighted by atomic mass is 32.2. The van der Waals surface area contributed by atoms with Crippen LogP contribution in [-0.2, 0) is 20.8 Å². The SMILES string of the molecule is CC(NC(=O)/C=C/c1ccc(C(F)(F)F)cc1)c1ccc(S(C)(=O)=O)cc1. The molecule has 27 heavy (non-hydrogen) atoms. The summed E-state index contributed by atoms with van der Waals surface area (Å²) in [5, 5.41) is 2.71. The molecule has 1 amide bonds. The van der Waals surface area contributed by atoms with Gasteiger partial charge < -0.3 is 5.32 Å². The van der Waals surface area contributed by atoms with Crippen LogP contribution in [0.25, 0.3) is 6.08 Å². The Hall–Kier alpha value is -2.61. The first-order valence-corrected chi connectivity index (χ1v) is 9.82. The molecule has 0 heterocycles. The molecule has 0 aromatic heterocycles. The Morgan fingerprint density at radius 3 is 2.07 bits per heavy atom. The van der Waals surface area contributed by atoms with E-state index in [0.29, 0.717) is 5.56 Å². The van der Waals surface area contributed by atoms with Crippen molar-refractivity contribution in [3.63, 3.8) is 0 Å². The van der Waals surface area contributed by atoms with E-state index in [2.05, 4.69) is 5.32 Å². The van der Waals surface area contributed by atoms with E-state index >= 15 is 0 Å². The molecular formula is C19H18F3NO3S. The second kappa shape index (κ2) is 7.96. The Morgan fingerprint density at radius 2 is 1.59 bits per heavy atom. The summed E-state index contributed by atoms with van der Waals surface area (Å²) in [4.78, 5) is 12.2. The smallest absolute Gasteiger partial charge is 0.346 e. The van der Waals surface area contributed by atoms with E-state index in [9.17, 15) is 26.4 Å². The minimum absolute atomic E-state index is 0.187. The summed E-state index contributed by atoms with van der Waals surface area (Å²) in [7, 11) is -3.29. The molecule has 2 aromatic carbocycles. The van der Waals surface area contributed by atoms with Crippen LogP contribution < -0.4 is 5.32 Å². The Balaban J connectivity index is 1.99. The molecule has 0 fully saturated rings. The van der Waals surface area contributed by atoms with E-state index in [1.54, 1.807) is 19.1 Å². The summed E-state index contributed by atoms with van der Waals surface area (Å²) in [6, 6.07) is 10.2. The first-order chi connectivity index (χ1) is 12.5. The number of hydrogen-bond donors (Lipinski definition) is 1. The van der Waals surface area contributed by atoms with Crippen molar-refractivity contribution in [3.8, 4) is 0 Å². The molecule has 0 bridgehead atoms. The summed E-state index contributed by atoms with van der Waals surface area (Å²) >= 11 is 0. The number of nitrogens with one attached hydrogen (secondary N) is 1. The van der Waals surface area contributed by atoms with Gasteiger partial charge in [0.05, 0.1) is 16.5 Å². The minimum Gasteiger partial charge on any atom is -0.346 e. The Kier molecular flexibility index (Phi) is 6.10. The molecule has 0 radical (unpaired) electrons. The first kappa shape index (κ1) is 20.7. The lowest BCUT2D eigenvalue weighted by Gasteiger charge is -2.13. The standard InChI is InChI=1S/C19H18F3NO3S/c1-13(15-6-10-17(11-7-15)27(2,25)26)23-18(24)12-5-14-3-8-16(9-4-14)19(20,21)22/h3-13H,1-2H3,(H,23,24)/b12-5+. The average molecular weight is 397 g/mol. The number of carbonyl (C=O) groups excluding carboxylic acids is 1. The molecule has 4 nitrogen and oxygen atoms in total. The van der Waals surface area contributed by atoms with Crippen molar-refractivity contribution in [2.24, 2.45) is 0 Å². The van der Waals surface area contributed by atoms with Crippen LogP contribution in [0.1, 0.15) is 29.7 Å². The zero-order valence-corrected chi connectivity index (χ0v) is 15.4. The monoisotopic (exact) mass is 397 g/mol. The van der Waals surface area contributed by atoms with Gasteiger partial charge in [0.2, 0.25) is 5.91 Å². The number of carbonyl (C=O) groups is 1. The van der Waals surface area contributed by atoms with Crippen molar-refractivity contribution in [1.82, 2.24) is 5.32 Å². The largest absolute Gasteiger partial charge is 0.416 e. The molecule has 0 aliphatic rings. The van der Waals surface area contributed by atoms with E-state index in [0.717, 1.165) is 24.0 Å². The highest BCUT2D eigenvalue weighted by Gasteiger charge is 2.29. The molecule has 144 valence electrons. The molecule has 0 saturated carbocycles. The van der Waals surface area contributed by atoms with Crippen LogP contribution in [0.15, 0.2) is 59.5 Å². The van der Waals surface area contributed by atoms with Gasteiger partial charge in [0.1, 0.15) is 0 Å². The van der Waals surface area contributed by atoms with Crippen molar-refractivity contribution in [2.45, 2.75) is 24.0 Å². The van der Waals surface area contributed by atoms with Crippen LogP contribution in [0.2, 0.25) is 0 Å².